The smallest absolute Gasteiger partial charge is 0.306 e. The molecule has 0 saturated carbocycles. The quantitative estimate of drug-likeness (QED) is 0.0212. The molecule has 0 aromatic rings. The summed E-state index contributed by atoms with van der Waals surface area (Å²) in [5, 5.41) is 3.04. The van der Waals surface area contributed by atoms with Crippen molar-refractivity contribution >= 4 is 19.7 Å². The zero-order chi connectivity index (χ0) is 62.1. The van der Waals surface area contributed by atoms with Gasteiger partial charge in [-0.2, -0.15) is 0 Å². The number of hydrogen-bond donors (Lipinski definition) is 1. The van der Waals surface area contributed by atoms with Crippen LogP contribution in [0, 0.1) is 0 Å². The highest BCUT2D eigenvalue weighted by molar-refractivity contribution is 7.45. The van der Waals surface area contributed by atoms with Gasteiger partial charge in [-0.15, -0.1) is 0 Å². The highest BCUT2D eigenvalue weighted by Crippen LogP contribution is 2.38. The van der Waals surface area contributed by atoms with Gasteiger partial charge >= 0.3 is 5.97 Å². The molecule has 0 aromatic heterocycles. The summed E-state index contributed by atoms with van der Waals surface area (Å²) in [5.74, 6) is -0.539. The second-order valence-corrected chi connectivity index (χ2v) is 27.1. The number of unbranched alkanes of at least 4 members (excludes halogenated alkanes) is 40. The average molecular weight is 1210 g/mol. The Labute approximate surface area is 527 Å². The van der Waals surface area contributed by atoms with Gasteiger partial charge in [0, 0.05) is 12.8 Å². The molecule has 85 heavy (non-hydrogen) atoms. The first kappa shape index (κ1) is 82.5. The fourth-order valence-electron chi connectivity index (χ4n) is 10.5. The van der Waals surface area contributed by atoms with E-state index in [1.165, 1.54) is 218 Å². The monoisotopic (exact) mass is 1210 g/mol. The number of likely N-dealkylation sites (N-methyl/N-ethyl adjacent to an activating group) is 1. The van der Waals surface area contributed by atoms with E-state index in [-0.39, 0.29) is 24.9 Å². The topological polar surface area (TPSA) is 114 Å². The van der Waals surface area contributed by atoms with Crippen LogP contribution in [-0.4, -0.2) is 69.4 Å². The van der Waals surface area contributed by atoms with Crippen LogP contribution in [0.15, 0.2) is 72.9 Å². The molecule has 0 heterocycles. The number of phosphoric acid groups is 1. The summed E-state index contributed by atoms with van der Waals surface area (Å²) in [4.78, 5) is 40.2. The number of allylic oxidation sites excluding steroid dienone is 11. The van der Waals surface area contributed by atoms with Crippen LogP contribution in [0.5, 0.6) is 0 Å². The Morgan fingerprint density at radius 2 is 0.718 bits per heavy atom. The molecule has 0 bridgehead atoms. The number of rotatable bonds is 66. The average Bonchev–Trinajstić information content (AvgIpc) is 3.57. The second kappa shape index (κ2) is 64.4. The number of ether oxygens (including phenoxy) is 1. The Bertz CT molecular complexity index is 1680. The molecule has 0 radical (unpaired) electrons. The Morgan fingerprint density at radius 1 is 0.412 bits per heavy atom. The molecular weight excluding hydrogens is 1070 g/mol. The molecule has 3 atom stereocenters. The van der Waals surface area contributed by atoms with Gasteiger partial charge in [-0.3, -0.25) is 14.2 Å². The van der Waals surface area contributed by atoms with E-state index in [9.17, 15) is 19.0 Å². The number of hydrogen-bond acceptors (Lipinski definition) is 7. The van der Waals surface area contributed by atoms with Crippen LogP contribution < -0.4 is 10.2 Å². The second-order valence-electron chi connectivity index (χ2n) is 25.7. The van der Waals surface area contributed by atoms with E-state index in [0.29, 0.717) is 17.4 Å². The van der Waals surface area contributed by atoms with Gasteiger partial charge in [-0.1, -0.05) is 299 Å². The Hall–Kier alpha value is -2.55. The van der Waals surface area contributed by atoms with Crippen LogP contribution in [0.3, 0.4) is 0 Å². The van der Waals surface area contributed by atoms with Gasteiger partial charge in [0.2, 0.25) is 5.91 Å². The van der Waals surface area contributed by atoms with Gasteiger partial charge in [0.25, 0.3) is 7.82 Å². The summed E-state index contributed by atoms with van der Waals surface area (Å²) in [6, 6.07) is -0.894. The van der Waals surface area contributed by atoms with Crippen LogP contribution in [0.2, 0.25) is 0 Å². The van der Waals surface area contributed by atoms with E-state index in [1.54, 1.807) is 0 Å². The predicted molar refractivity (Wildman–Crippen MR) is 367 cm³/mol. The number of carbonyl (C=O) groups excluding carboxylic acids is 2. The fourth-order valence-corrected chi connectivity index (χ4v) is 11.2. The molecule has 9 nitrogen and oxygen atoms in total. The van der Waals surface area contributed by atoms with Gasteiger partial charge in [-0.05, 0) is 102 Å². The summed E-state index contributed by atoms with van der Waals surface area (Å²) in [7, 11) is 1.18. The fraction of sp³-hybridized carbons (Fsp3) is 0.813. The molecule has 0 fully saturated rings. The van der Waals surface area contributed by atoms with Crippen molar-refractivity contribution in [2.75, 3.05) is 40.9 Å². The molecule has 0 rings (SSSR count). The molecular formula is C75H139N2O7P. The van der Waals surface area contributed by atoms with Crippen molar-refractivity contribution in [3.8, 4) is 0 Å². The lowest BCUT2D eigenvalue weighted by Gasteiger charge is -2.30. The van der Waals surface area contributed by atoms with Crippen molar-refractivity contribution in [2.24, 2.45) is 0 Å². The highest BCUT2D eigenvalue weighted by atomic mass is 31.2. The molecule has 0 aliphatic rings. The minimum absolute atomic E-state index is 0.0246. The molecule has 0 spiro atoms. The Morgan fingerprint density at radius 3 is 1.09 bits per heavy atom. The van der Waals surface area contributed by atoms with Gasteiger partial charge in [0.15, 0.2) is 0 Å². The summed E-state index contributed by atoms with van der Waals surface area (Å²) in [5.41, 5.74) is 0. The maximum Gasteiger partial charge on any atom is 0.306 e. The normalized spacial score (nSPS) is 13.9. The summed E-state index contributed by atoms with van der Waals surface area (Å²) in [6.45, 7) is 6.82. The maximum absolute atomic E-state index is 13.6. The molecule has 3 unspecified atom stereocenters. The molecule has 1 amide bonds. The number of nitrogens with one attached hydrogen (secondary N) is 1. The van der Waals surface area contributed by atoms with Crippen LogP contribution in [-0.2, 0) is 27.9 Å². The zero-order valence-electron chi connectivity index (χ0n) is 56.8. The van der Waals surface area contributed by atoms with Crippen LogP contribution in [0.25, 0.3) is 0 Å². The first-order valence-electron chi connectivity index (χ1n) is 36.2. The third-order valence-corrected chi connectivity index (χ3v) is 17.1. The third-order valence-electron chi connectivity index (χ3n) is 16.1. The lowest BCUT2D eigenvalue weighted by molar-refractivity contribution is -0.870. The zero-order valence-corrected chi connectivity index (χ0v) is 57.7. The molecule has 0 aromatic carbocycles. The number of carbonyl (C=O) groups is 2. The summed E-state index contributed by atoms with van der Waals surface area (Å²) < 4.78 is 30.4. The largest absolute Gasteiger partial charge is 0.756 e. The third kappa shape index (κ3) is 65.7. The number of nitrogens with zero attached hydrogens (tertiary/aromatic N) is 1. The van der Waals surface area contributed by atoms with Crippen LogP contribution in [0.4, 0.5) is 0 Å². The summed E-state index contributed by atoms with van der Waals surface area (Å²) in [6.07, 6.45) is 84.6. The number of amides is 1. The molecule has 10 heteroatoms. The molecule has 0 saturated heterocycles. The van der Waals surface area contributed by atoms with Crippen LogP contribution >= 0.6 is 7.82 Å². The summed E-state index contributed by atoms with van der Waals surface area (Å²) >= 11 is 0. The highest BCUT2D eigenvalue weighted by Gasteiger charge is 2.27. The van der Waals surface area contributed by atoms with E-state index >= 15 is 0 Å². The number of phosphoric ester groups is 1. The first-order valence-corrected chi connectivity index (χ1v) is 37.7. The minimum atomic E-state index is -4.71. The van der Waals surface area contributed by atoms with E-state index < -0.39 is 26.6 Å². The molecule has 1 N–H and O–H groups in total. The van der Waals surface area contributed by atoms with E-state index in [0.717, 1.165) is 89.9 Å². The Balaban J connectivity index is 4.97. The van der Waals surface area contributed by atoms with Gasteiger partial charge in [0.05, 0.1) is 33.8 Å². The number of quaternary nitrogens is 1. The first-order chi connectivity index (χ1) is 41.4. The predicted octanol–water partition coefficient (Wildman–Crippen LogP) is 22.5. The number of esters is 1. The van der Waals surface area contributed by atoms with E-state index in [2.05, 4.69) is 86.8 Å². The van der Waals surface area contributed by atoms with Gasteiger partial charge < -0.3 is 28.5 Å². The molecule has 0 aliphatic carbocycles. The van der Waals surface area contributed by atoms with Crippen molar-refractivity contribution in [3.05, 3.63) is 72.9 Å². The lowest BCUT2D eigenvalue weighted by Crippen LogP contribution is -2.47. The van der Waals surface area contributed by atoms with Crippen molar-refractivity contribution in [3.63, 3.8) is 0 Å². The maximum atomic E-state index is 13.6. The standard InChI is InChI=1S/C75H139N2O7P/c1-7-10-13-16-19-22-25-27-29-31-33-35-36-37-38-39-40-42-44-46-48-50-53-56-59-62-65-68-75(79)84-73(66-63-60-57-54-51-24-21-18-15-12-9-3)72(71-83-85(80,81)82-70-69-77(4,5)6)76-74(78)67-64-61-58-55-52-49-47-45-43-41-34-32-30-28-26-23-20-17-14-11-8-2/h19-20,22-23,27-30,34,41,63,66,72-73H,7-18,21,24-26,31-33,35-40,42-62,64-65,67-71H2,1-6H3,(H-,76,78,80,81)/b22-19-,23-20-,29-27-,30-28-,41-34-,66-63-. The van der Waals surface area contributed by atoms with Crippen molar-refractivity contribution in [2.45, 2.75) is 354 Å². The minimum Gasteiger partial charge on any atom is -0.756 e. The van der Waals surface area contributed by atoms with Crippen LogP contribution in [0.1, 0.15) is 342 Å². The molecule has 496 valence electrons. The lowest BCUT2D eigenvalue weighted by atomic mass is 10.0. The van der Waals surface area contributed by atoms with E-state index in [4.69, 9.17) is 13.8 Å². The van der Waals surface area contributed by atoms with Crippen molar-refractivity contribution < 1.29 is 37.3 Å². The van der Waals surface area contributed by atoms with Crippen molar-refractivity contribution in [1.29, 1.82) is 0 Å². The Kier molecular flexibility index (Phi) is 62.5. The van der Waals surface area contributed by atoms with Gasteiger partial charge in [0.1, 0.15) is 19.3 Å². The van der Waals surface area contributed by atoms with E-state index in [1.807, 2.05) is 33.3 Å². The van der Waals surface area contributed by atoms with Crippen molar-refractivity contribution in [1.82, 2.24) is 5.32 Å². The molecule has 0 aliphatic heterocycles. The van der Waals surface area contributed by atoms with Gasteiger partial charge in [-0.25, -0.2) is 0 Å². The SMILES string of the molecule is CCCCC/C=C\C/C=C\C/C=C\CCCCCCCCCCC(=O)NC(COP(=O)([O-])OCC[N+](C)(C)C)C(/C=C\CCCCCCCCCCC)OC(=O)CCCCCCCCCCCCCCCCCCC/C=C\C/C=C\CCCCC.